The Morgan fingerprint density at radius 3 is 2.40 bits per heavy atom. The van der Waals surface area contributed by atoms with E-state index in [4.69, 9.17) is 0 Å². The quantitative estimate of drug-likeness (QED) is 0.490. The predicted octanol–water partition coefficient (Wildman–Crippen LogP) is 1.32. The Morgan fingerprint density at radius 2 is 1.93 bits per heavy atom. The van der Waals surface area contributed by atoms with Gasteiger partial charge in [-0.15, -0.1) is 12.1 Å². The zero-order valence-electron chi connectivity index (χ0n) is 10.2. The van der Waals surface area contributed by atoms with Crippen LogP contribution in [-0.4, -0.2) is 0 Å². The second kappa shape index (κ2) is 7.68. The molecule has 0 heterocycles. The fourth-order valence-corrected chi connectivity index (χ4v) is 1.27. The van der Waals surface area contributed by atoms with Crippen molar-refractivity contribution in [1.82, 2.24) is 0 Å². The largest absolute Gasteiger partial charge is 1.00 e. The molecule has 1 aromatic rings. The summed E-state index contributed by atoms with van der Waals surface area (Å²) in [5.74, 6) is 0.786. The molecule has 15 heavy (non-hydrogen) atoms. The third-order valence-corrected chi connectivity index (χ3v) is 2.63. The van der Waals surface area contributed by atoms with Crippen LogP contribution in [0.5, 0.6) is 0 Å². The molecule has 0 radical (unpaired) electrons. The zero-order valence-corrected chi connectivity index (χ0v) is 10.2. The van der Waals surface area contributed by atoms with Crippen LogP contribution < -0.4 is 18.9 Å². The molecule has 1 rings (SSSR count). The minimum absolute atomic E-state index is 0. The maximum Gasteiger partial charge on any atom is 1.00 e. The molecule has 1 heteroatoms. The van der Waals surface area contributed by atoms with Gasteiger partial charge in [-0.1, -0.05) is 50.8 Å². The van der Waals surface area contributed by atoms with Crippen LogP contribution in [0.1, 0.15) is 37.8 Å². The fourth-order valence-electron chi connectivity index (χ4n) is 1.27. The van der Waals surface area contributed by atoms with E-state index in [0.29, 0.717) is 0 Å². The molecule has 0 nitrogen and oxygen atoms in total. The average Bonchev–Trinajstić information content (AvgIpc) is 2.26. The van der Waals surface area contributed by atoms with Crippen LogP contribution >= 0.6 is 0 Å². The molecule has 0 fully saturated rings. The van der Waals surface area contributed by atoms with Gasteiger partial charge in [-0.3, -0.25) is 0 Å². The first-order valence-corrected chi connectivity index (χ1v) is 5.32. The zero-order chi connectivity index (χ0) is 10.4. The molecule has 0 aromatic heterocycles. The molecule has 0 aliphatic carbocycles. The second-order valence-corrected chi connectivity index (χ2v) is 3.82. The summed E-state index contributed by atoms with van der Waals surface area (Å²) in [6.07, 6.45) is 6.60. The maximum atomic E-state index is 3.74. The number of rotatable bonds is 5. The molecular weight excluding hydrogens is 175 g/mol. The molecular formula is C14H19Li. The Balaban J connectivity index is 0.00000196. The summed E-state index contributed by atoms with van der Waals surface area (Å²) in [5, 5.41) is 0. The molecule has 0 aliphatic rings. The molecule has 0 amide bonds. The van der Waals surface area contributed by atoms with Crippen LogP contribution in [0.3, 0.4) is 0 Å². The van der Waals surface area contributed by atoms with E-state index in [9.17, 15) is 0 Å². The van der Waals surface area contributed by atoms with Gasteiger partial charge < -0.3 is 0 Å². The van der Waals surface area contributed by atoms with Gasteiger partial charge in [-0.2, -0.15) is 24.1 Å². The van der Waals surface area contributed by atoms with Crippen molar-refractivity contribution < 1.29 is 18.9 Å². The smallest absolute Gasteiger partial charge is 0.192 e. The van der Waals surface area contributed by atoms with Crippen LogP contribution in [-0.2, 0) is 0 Å². The van der Waals surface area contributed by atoms with Gasteiger partial charge >= 0.3 is 18.9 Å². The van der Waals surface area contributed by atoms with Gasteiger partial charge in [0.2, 0.25) is 0 Å². The van der Waals surface area contributed by atoms with Gasteiger partial charge in [-0.25, -0.2) is 0 Å². The van der Waals surface area contributed by atoms with Crippen molar-refractivity contribution in [2.24, 2.45) is 5.92 Å². The minimum Gasteiger partial charge on any atom is -0.192 e. The van der Waals surface area contributed by atoms with Crippen LogP contribution in [0.4, 0.5) is 0 Å². The van der Waals surface area contributed by atoms with Crippen molar-refractivity contribution in [2.45, 2.75) is 26.7 Å². The van der Waals surface area contributed by atoms with Gasteiger partial charge in [0.15, 0.2) is 0 Å². The van der Waals surface area contributed by atoms with Crippen molar-refractivity contribution >= 4 is 6.08 Å². The Labute approximate surface area is 106 Å². The van der Waals surface area contributed by atoms with Gasteiger partial charge in [0.05, 0.1) is 0 Å². The summed E-state index contributed by atoms with van der Waals surface area (Å²) in [6.45, 7) is 8.26. The fraction of sp³-hybridized carbons (Fsp3) is 0.357. The normalized spacial score (nSPS) is 11.3. The molecule has 76 valence electrons. The SMILES string of the molecule is C=Cc1ccc([CH-]CC(C)CC)cc1.[Li+]. The summed E-state index contributed by atoms with van der Waals surface area (Å²) < 4.78 is 0. The average molecular weight is 194 g/mol. The predicted molar refractivity (Wildman–Crippen MR) is 64.0 cm³/mol. The van der Waals surface area contributed by atoms with Gasteiger partial charge in [0.1, 0.15) is 0 Å². The van der Waals surface area contributed by atoms with E-state index in [2.05, 4.69) is 51.1 Å². The van der Waals surface area contributed by atoms with Crippen LogP contribution in [0.15, 0.2) is 30.8 Å². The molecule has 0 bridgehead atoms. The van der Waals surface area contributed by atoms with Crippen molar-refractivity contribution in [3.63, 3.8) is 0 Å². The van der Waals surface area contributed by atoms with E-state index < -0.39 is 0 Å². The Kier molecular flexibility index (Phi) is 7.39. The summed E-state index contributed by atoms with van der Waals surface area (Å²) in [6, 6.07) is 8.52. The van der Waals surface area contributed by atoms with Gasteiger partial charge in [-0.05, 0) is 0 Å². The van der Waals surface area contributed by atoms with Crippen molar-refractivity contribution in [2.75, 3.05) is 0 Å². The van der Waals surface area contributed by atoms with Crippen LogP contribution in [0.2, 0.25) is 0 Å². The van der Waals surface area contributed by atoms with E-state index in [1.54, 1.807) is 0 Å². The molecule has 0 aliphatic heterocycles. The van der Waals surface area contributed by atoms with E-state index in [-0.39, 0.29) is 18.9 Å². The van der Waals surface area contributed by atoms with Gasteiger partial charge in [0, 0.05) is 0 Å². The van der Waals surface area contributed by atoms with Crippen LogP contribution in [0.25, 0.3) is 6.08 Å². The monoisotopic (exact) mass is 194 g/mol. The summed E-state index contributed by atoms with van der Waals surface area (Å²) in [5.41, 5.74) is 2.50. The molecule has 0 spiro atoms. The van der Waals surface area contributed by atoms with E-state index >= 15 is 0 Å². The standard InChI is InChI=1S/C14H19.Li/c1-4-12(3)6-7-14-10-8-13(5-2)9-11-14;/h5,7-12H,2,4,6H2,1,3H3;/q-1;+1. The molecule has 1 atom stereocenters. The second-order valence-electron chi connectivity index (χ2n) is 3.82. The van der Waals surface area contributed by atoms with Crippen molar-refractivity contribution in [3.8, 4) is 0 Å². The Morgan fingerprint density at radius 1 is 1.33 bits per heavy atom. The maximum absolute atomic E-state index is 3.74. The Hall–Kier alpha value is -0.573. The first-order chi connectivity index (χ1) is 6.76. The summed E-state index contributed by atoms with van der Waals surface area (Å²) in [4.78, 5) is 0. The van der Waals surface area contributed by atoms with Crippen LogP contribution in [0, 0.1) is 12.3 Å². The first-order valence-electron chi connectivity index (χ1n) is 5.32. The molecule has 1 unspecified atom stereocenters. The van der Waals surface area contributed by atoms with Crippen molar-refractivity contribution in [1.29, 1.82) is 0 Å². The van der Waals surface area contributed by atoms with Crippen molar-refractivity contribution in [3.05, 3.63) is 48.4 Å². The molecule has 0 saturated carbocycles. The van der Waals surface area contributed by atoms with E-state index in [1.165, 1.54) is 24.0 Å². The first kappa shape index (κ1) is 14.4. The minimum atomic E-state index is 0. The Bertz CT molecular complexity index is 274. The number of hydrogen-bond donors (Lipinski definition) is 0. The third-order valence-electron chi connectivity index (χ3n) is 2.63. The molecule has 1 aromatic carbocycles. The third kappa shape index (κ3) is 5.16. The topological polar surface area (TPSA) is 0 Å². The molecule has 0 saturated heterocycles. The number of benzene rings is 1. The number of hydrogen-bond acceptors (Lipinski definition) is 0. The van der Waals surface area contributed by atoms with Gasteiger partial charge in [0.25, 0.3) is 0 Å². The summed E-state index contributed by atoms with van der Waals surface area (Å²) >= 11 is 0. The summed E-state index contributed by atoms with van der Waals surface area (Å²) in [7, 11) is 0. The van der Waals surface area contributed by atoms with E-state index in [1.807, 2.05) is 6.08 Å². The van der Waals surface area contributed by atoms with E-state index in [0.717, 1.165) is 5.92 Å². The molecule has 0 N–H and O–H groups in total.